The molecule has 164 valence electrons. The quantitative estimate of drug-likeness (QED) is 0.661. The van der Waals surface area contributed by atoms with Crippen molar-refractivity contribution >= 4 is 45.0 Å². The molecule has 0 saturated carbocycles. The Balaban J connectivity index is 1.45. The van der Waals surface area contributed by atoms with Crippen molar-refractivity contribution in [2.24, 2.45) is 16.8 Å². The number of fused-ring (bicyclic) bond motifs is 3. The molecule has 0 atom stereocenters. The van der Waals surface area contributed by atoms with Crippen LogP contribution in [0.15, 0.2) is 52.9 Å². The van der Waals surface area contributed by atoms with Gasteiger partial charge in [-0.15, -0.1) is 11.3 Å². The first kappa shape index (κ1) is 20.4. The number of thiophene rings is 1. The fraction of sp³-hybridized carbons (Fsp3) is 0.304. The van der Waals surface area contributed by atoms with Gasteiger partial charge in [0.25, 0.3) is 5.91 Å². The Bertz CT molecular complexity index is 1220. The molecule has 0 spiro atoms. The summed E-state index contributed by atoms with van der Waals surface area (Å²) in [5.74, 6) is -0.991. The zero-order valence-corrected chi connectivity index (χ0v) is 18.3. The van der Waals surface area contributed by atoms with Crippen molar-refractivity contribution in [2.75, 3.05) is 19.6 Å². The lowest BCUT2D eigenvalue weighted by atomic mass is 9.96. The fourth-order valence-electron chi connectivity index (χ4n) is 4.36. The van der Waals surface area contributed by atoms with E-state index in [0.717, 1.165) is 21.5 Å². The smallest absolute Gasteiger partial charge is 0.291 e. The summed E-state index contributed by atoms with van der Waals surface area (Å²) in [5.41, 5.74) is 8.55. The van der Waals surface area contributed by atoms with E-state index in [2.05, 4.69) is 5.10 Å². The molecular formula is C23H23N5O3S. The number of benzene rings is 1. The minimum atomic E-state index is -0.322. The van der Waals surface area contributed by atoms with E-state index in [9.17, 15) is 14.4 Å². The first-order chi connectivity index (χ1) is 15.5. The summed E-state index contributed by atoms with van der Waals surface area (Å²) in [4.78, 5) is 39.5. The van der Waals surface area contributed by atoms with Crippen LogP contribution in [-0.4, -0.2) is 57.5 Å². The average molecular weight is 450 g/mol. The van der Waals surface area contributed by atoms with Gasteiger partial charge < -0.3 is 15.2 Å². The molecule has 4 heterocycles. The number of likely N-dealkylation sites (tertiary alicyclic amines) is 1. The number of carbonyl (C=O) groups excluding carboxylic acids is 3. The Kier molecular flexibility index (Phi) is 5.26. The summed E-state index contributed by atoms with van der Waals surface area (Å²) in [6.45, 7) is 1.21. The van der Waals surface area contributed by atoms with Gasteiger partial charge in [-0.1, -0.05) is 30.3 Å². The monoisotopic (exact) mass is 449 g/mol. The second-order valence-electron chi connectivity index (χ2n) is 8.12. The second-order valence-corrected chi connectivity index (χ2v) is 9.07. The lowest BCUT2D eigenvalue weighted by molar-refractivity contribution is -0.135. The summed E-state index contributed by atoms with van der Waals surface area (Å²) in [7, 11) is 0. The molecule has 0 radical (unpaired) electrons. The Morgan fingerprint density at radius 2 is 1.88 bits per heavy atom. The third-order valence-electron chi connectivity index (χ3n) is 6.17. The Morgan fingerprint density at radius 3 is 2.59 bits per heavy atom. The topological polar surface area (TPSA) is 101 Å². The minimum absolute atomic E-state index is 0.144. The number of nitrogens with two attached hydrogens (primary N) is 1. The number of rotatable bonds is 4. The molecule has 0 unspecified atom stereocenters. The van der Waals surface area contributed by atoms with Crippen LogP contribution >= 0.6 is 11.3 Å². The van der Waals surface area contributed by atoms with E-state index >= 15 is 0 Å². The molecule has 8 nitrogen and oxygen atoms in total. The lowest BCUT2D eigenvalue weighted by Gasteiger charge is -2.31. The van der Waals surface area contributed by atoms with Crippen LogP contribution in [0, 0.1) is 5.92 Å². The van der Waals surface area contributed by atoms with Gasteiger partial charge >= 0.3 is 0 Å². The van der Waals surface area contributed by atoms with Gasteiger partial charge in [-0.2, -0.15) is 5.10 Å². The van der Waals surface area contributed by atoms with Crippen LogP contribution in [0.4, 0.5) is 0 Å². The van der Waals surface area contributed by atoms with Gasteiger partial charge in [0.1, 0.15) is 12.2 Å². The van der Waals surface area contributed by atoms with Crippen molar-refractivity contribution in [2.45, 2.75) is 19.4 Å². The predicted octanol–water partition coefficient (Wildman–Crippen LogP) is 2.29. The van der Waals surface area contributed by atoms with Crippen LogP contribution in [0.5, 0.6) is 0 Å². The summed E-state index contributed by atoms with van der Waals surface area (Å²) >= 11 is 1.58. The van der Waals surface area contributed by atoms with Gasteiger partial charge in [-0.05, 0) is 35.9 Å². The maximum atomic E-state index is 13.4. The van der Waals surface area contributed by atoms with Gasteiger partial charge in [0.05, 0.1) is 22.5 Å². The van der Waals surface area contributed by atoms with E-state index in [4.69, 9.17) is 5.73 Å². The standard InChI is InChI=1S/C23H23N5O3S/c24-22(30)16-6-9-26(10-7-16)21(29)14-28-23(31)19-12-20-18(8-11-32-20)27(19)13-17(25-28)15-4-2-1-3-5-15/h1-5,8,11-12,16H,6-7,9-10,13-14H2,(H2,24,30). The van der Waals surface area contributed by atoms with Gasteiger partial charge in [0.2, 0.25) is 11.8 Å². The summed E-state index contributed by atoms with van der Waals surface area (Å²) in [5, 5.41) is 7.93. The molecule has 1 saturated heterocycles. The van der Waals surface area contributed by atoms with Crippen molar-refractivity contribution in [1.82, 2.24) is 14.5 Å². The van der Waals surface area contributed by atoms with Crippen LogP contribution in [0.3, 0.4) is 0 Å². The lowest BCUT2D eigenvalue weighted by Crippen LogP contribution is -2.46. The number of nitrogens with zero attached hydrogens (tertiary/aromatic N) is 4. The molecule has 2 aliphatic rings. The minimum Gasteiger partial charge on any atom is -0.369 e. The zero-order valence-electron chi connectivity index (χ0n) is 17.4. The second kappa shape index (κ2) is 8.23. The number of hydrazone groups is 1. The first-order valence-electron chi connectivity index (χ1n) is 10.6. The van der Waals surface area contributed by atoms with E-state index in [0.29, 0.717) is 38.2 Å². The molecule has 3 amide bonds. The molecule has 2 N–H and O–H groups in total. The number of carbonyl (C=O) groups is 3. The number of hydrogen-bond acceptors (Lipinski definition) is 5. The predicted molar refractivity (Wildman–Crippen MR) is 122 cm³/mol. The van der Waals surface area contributed by atoms with Crippen molar-refractivity contribution in [3.63, 3.8) is 0 Å². The number of hydrogen-bond donors (Lipinski definition) is 1. The summed E-state index contributed by atoms with van der Waals surface area (Å²) < 4.78 is 3.01. The molecule has 0 bridgehead atoms. The van der Waals surface area contributed by atoms with Gasteiger partial charge in [0.15, 0.2) is 0 Å². The molecule has 1 aromatic carbocycles. The highest BCUT2D eigenvalue weighted by Crippen LogP contribution is 2.28. The molecule has 3 aromatic rings. The first-order valence-corrected chi connectivity index (χ1v) is 11.5. The van der Waals surface area contributed by atoms with E-state index in [1.807, 2.05) is 52.4 Å². The highest BCUT2D eigenvalue weighted by molar-refractivity contribution is 7.17. The zero-order chi connectivity index (χ0) is 22.2. The molecular weight excluding hydrogens is 426 g/mol. The molecule has 9 heteroatoms. The molecule has 2 aliphatic heterocycles. The number of piperidine rings is 1. The van der Waals surface area contributed by atoms with Crippen molar-refractivity contribution < 1.29 is 14.4 Å². The summed E-state index contributed by atoms with van der Waals surface area (Å²) in [6.07, 6.45) is 1.10. The number of primary amides is 1. The highest BCUT2D eigenvalue weighted by atomic mass is 32.1. The third kappa shape index (κ3) is 3.69. The fourth-order valence-corrected chi connectivity index (χ4v) is 5.18. The van der Waals surface area contributed by atoms with Crippen LogP contribution in [-0.2, 0) is 16.1 Å². The van der Waals surface area contributed by atoms with Crippen LogP contribution in [0.2, 0.25) is 0 Å². The van der Waals surface area contributed by atoms with Crippen LogP contribution in [0.25, 0.3) is 10.2 Å². The van der Waals surface area contributed by atoms with Gasteiger partial charge in [-0.25, -0.2) is 5.01 Å². The third-order valence-corrected chi connectivity index (χ3v) is 7.02. The molecule has 5 rings (SSSR count). The highest BCUT2D eigenvalue weighted by Gasteiger charge is 2.31. The van der Waals surface area contributed by atoms with Gasteiger partial charge in [-0.3, -0.25) is 14.4 Å². The normalized spacial score (nSPS) is 17.2. The van der Waals surface area contributed by atoms with Crippen LogP contribution < -0.4 is 5.73 Å². The molecule has 2 aromatic heterocycles. The largest absolute Gasteiger partial charge is 0.369 e. The molecule has 32 heavy (non-hydrogen) atoms. The van der Waals surface area contributed by atoms with E-state index in [1.165, 1.54) is 5.01 Å². The molecule has 1 fully saturated rings. The van der Waals surface area contributed by atoms with Crippen molar-refractivity contribution in [3.8, 4) is 0 Å². The van der Waals surface area contributed by atoms with Gasteiger partial charge in [0, 0.05) is 19.0 Å². The molecule has 0 aliphatic carbocycles. The van der Waals surface area contributed by atoms with E-state index in [-0.39, 0.29) is 30.2 Å². The van der Waals surface area contributed by atoms with Crippen molar-refractivity contribution in [1.29, 1.82) is 0 Å². The van der Waals surface area contributed by atoms with Crippen LogP contribution in [0.1, 0.15) is 28.9 Å². The summed E-state index contributed by atoms with van der Waals surface area (Å²) in [6, 6.07) is 13.6. The average Bonchev–Trinajstić information content (AvgIpc) is 3.37. The van der Waals surface area contributed by atoms with E-state index in [1.54, 1.807) is 16.2 Å². The van der Waals surface area contributed by atoms with E-state index < -0.39 is 0 Å². The number of aromatic nitrogens is 1. The van der Waals surface area contributed by atoms with Crippen molar-refractivity contribution in [3.05, 3.63) is 59.1 Å². The maximum Gasteiger partial charge on any atom is 0.291 e. The Morgan fingerprint density at radius 1 is 1.12 bits per heavy atom. The number of amides is 3. The Labute approximate surface area is 188 Å². The maximum absolute atomic E-state index is 13.4. The SMILES string of the molecule is NC(=O)C1CCN(C(=O)CN2N=C(c3ccccc3)Cn3c(cc4sccc43)C2=O)CC1. The Hall–Kier alpha value is -3.46.